The third-order valence-corrected chi connectivity index (χ3v) is 5.27. The number of ether oxygens (including phenoxy) is 1. The van der Waals surface area contributed by atoms with Crippen molar-refractivity contribution in [3.63, 3.8) is 0 Å². The van der Waals surface area contributed by atoms with Crippen LogP contribution in [0.2, 0.25) is 0 Å². The second-order valence-electron chi connectivity index (χ2n) is 5.73. The van der Waals surface area contributed by atoms with Crippen LogP contribution in [-0.4, -0.2) is 39.1 Å². The minimum absolute atomic E-state index is 0.0654. The first-order valence-electron chi connectivity index (χ1n) is 7.64. The molecule has 0 saturated heterocycles. The van der Waals surface area contributed by atoms with Gasteiger partial charge in [-0.15, -0.1) is 13.2 Å². The van der Waals surface area contributed by atoms with Gasteiger partial charge in [-0.05, 0) is 42.0 Å². The van der Waals surface area contributed by atoms with Gasteiger partial charge < -0.3 is 10.1 Å². The zero-order valence-electron chi connectivity index (χ0n) is 14.4. The fourth-order valence-electron chi connectivity index (χ4n) is 2.12. The molecule has 1 N–H and O–H groups in total. The highest BCUT2D eigenvalue weighted by molar-refractivity contribution is 7.89. The maximum atomic E-state index is 12.1. The molecular formula is C17H17F3N2O4S. The number of alkyl halides is 3. The van der Waals surface area contributed by atoms with Crippen molar-refractivity contribution in [1.82, 2.24) is 4.31 Å². The van der Waals surface area contributed by atoms with Gasteiger partial charge in [0.1, 0.15) is 5.75 Å². The van der Waals surface area contributed by atoms with Gasteiger partial charge in [-0.1, -0.05) is 12.1 Å². The summed E-state index contributed by atoms with van der Waals surface area (Å²) in [4.78, 5) is 12.1. The van der Waals surface area contributed by atoms with Gasteiger partial charge in [0.05, 0.1) is 11.3 Å². The molecule has 0 aliphatic rings. The lowest BCUT2D eigenvalue weighted by Crippen LogP contribution is -2.22. The predicted octanol–water partition coefficient (Wildman–Crippen LogP) is 3.02. The molecule has 0 aliphatic carbocycles. The van der Waals surface area contributed by atoms with Crippen LogP contribution in [-0.2, 0) is 21.2 Å². The Kier molecular flexibility index (Phi) is 6.11. The van der Waals surface area contributed by atoms with E-state index < -0.39 is 22.3 Å². The van der Waals surface area contributed by atoms with Crippen molar-refractivity contribution in [3.05, 3.63) is 54.1 Å². The van der Waals surface area contributed by atoms with Gasteiger partial charge in [0, 0.05) is 19.8 Å². The normalized spacial score (nSPS) is 12.1. The first-order valence-corrected chi connectivity index (χ1v) is 9.08. The first-order chi connectivity index (χ1) is 12.5. The Morgan fingerprint density at radius 3 is 2.07 bits per heavy atom. The largest absolute Gasteiger partial charge is 0.573 e. The Morgan fingerprint density at radius 2 is 1.59 bits per heavy atom. The summed E-state index contributed by atoms with van der Waals surface area (Å²) in [5.74, 6) is -0.771. The van der Waals surface area contributed by atoms with E-state index in [-0.39, 0.29) is 17.1 Å². The van der Waals surface area contributed by atoms with Crippen molar-refractivity contribution in [2.24, 2.45) is 0 Å². The summed E-state index contributed by atoms with van der Waals surface area (Å²) in [5, 5.41) is 2.59. The van der Waals surface area contributed by atoms with Crippen molar-refractivity contribution < 1.29 is 31.1 Å². The number of carbonyl (C=O) groups is 1. The number of carbonyl (C=O) groups excluding carboxylic acids is 1. The third kappa shape index (κ3) is 5.97. The molecule has 0 saturated carbocycles. The number of halogens is 3. The number of sulfonamides is 1. The molecule has 10 heteroatoms. The molecule has 0 unspecified atom stereocenters. The minimum Gasteiger partial charge on any atom is -0.406 e. The Bertz CT molecular complexity index is 893. The molecule has 6 nitrogen and oxygen atoms in total. The van der Waals surface area contributed by atoms with E-state index in [0.29, 0.717) is 11.3 Å². The lowest BCUT2D eigenvalue weighted by Gasteiger charge is -2.12. The van der Waals surface area contributed by atoms with E-state index in [9.17, 15) is 26.4 Å². The lowest BCUT2D eigenvalue weighted by atomic mass is 10.1. The van der Waals surface area contributed by atoms with E-state index in [1.807, 2.05) is 0 Å². The standard InChI is InChI=1S/C17H17F3N2O4S/c1-22(2)27(24,25)15-9-5-13(6-10-15)21-16(23)11-12-3-7-14(8-4-12)26-17(18,19)20/h3-10H,11H2,1-2H3,(H,21,23). The second-order valence-corrected chi connectivity index (χ2v) is 7.88. The molecule has 0 spiro atoms. The van der Waals surface area contributed by atoms with Crippen LogP contribution >= 0.6 is 0 Å². The minimum atomic E-state index is -4.77. The van der Waals surface area contributed by atoms with E-state index in [4.69, 9.17) is 0 Å². The van der Waals surface area contributed by atoms with Crippen molar-refractivity contribution in [2.75, 3.05) is 19.4 Å². The fourth-order valence-corrected chi connectivity index (χ4v) is 3.02. The van der Waals surface area contributed by atoms with Crippen LogP contribution in [0, 0.1) is 0 Å². The lowest BCUT2D eigenvalue weighted by molar-refractivity contribution is -0.274. The molecule has 0 radical (unpaired) electrons. The highest BCUT2D eigenvalue weighted by Gasteiger charge is 2.30. The van der Waals surface area contributed by atoms with Gasteiger partial charge in [0.15, 0.2) is 0 Å². The second kappa shape index (κ2) is 7.97. The van der Waals surface area contributed by atoms with Crippen LogP contribution in [0.5, 0.6) is 5.75 Å². The van der Waals surface area contributed by atoms with Gasteiger partial charge >= 0.3 is 6.36 Å². The van der Waals surface area contributed by atoms with Crippen LogP contribution in [0.25, 0.3) is 0 Å². The topological polar surface area (TPSA) is 75.7 Å². The number of nitrogens with one attached hydrogen (secondary N) is 1. The maximum Gasteiger partial charge on any atom is 0.573 e. The molecule has 146 valence electrons. The SMILES string of the molecule is CN(C)S(=O)(=O)c1ccc(NC(=O)Cc2ccc(OC(F)(F)F)cc2)cc1. The summed E-state index contributed by atoms with van der Waals surface area (Å²) in [5.41, 5.74) is 0.892. The van der Waals surface area contributed by atoms with E-state index in [0.717, 1.165) is 16.4 Å². The summed E-state index contributed by atoms with van der Waals surface area (Å²) in [7, 11) is -0.734. The molecule has 0 heterocycles. The van der Waals surface area contributed by atoms with Gasteiger partial charge in [-0.25, -0.2) is 12.7 Å². The molecule has 2 aromatic carbocycles. The van der Waals surface area contributed by atoms with Gasteiger partial charge in [-0.3, -0.25) is 4.79 Å². The zero-order valence-corrected chi connectivity index (χ0v) is 15.3. The van der Waals surface area contributed by atoms with Crippen molar-refractivity contribution in [2.45, 2.75) is 17.7 Å². The van der Waals surface area contributed by atoms with Crippen molar-refractivity contribution in [1.29, 1.82) is 0 Å². The van der Waals surface area contributed by atoms with E-state index >= 15 is 0 Å². The Morgan fingerprint density at radius 1 is 1.04 bits per heavy atom. The quantitative estimate of drug-likeness (QED) is 0.806. The average Bonchev–Trinajstić information content (AvgIpc) is 2.55. The number of hydrogen-bond acceptors (Lipinski definition) is 4. The average molecular weight is 402 g/mol. The summed E-state index contributed by atoms with van der Waals surface area (Å²) < 4.78 is 65.1. The molecule has 0 bridgehead atoms. The number of hydrogen-bond donors (Lipinski definition) is 1. The highest BCUT2D eigenvalue weighted by Crippen LogP contribution is 2.23. The highest BCUT2D eigenvalue weighted by atomic mass is 32.2. The maximum absolute atomic E-state index is 12.1. The van der Waals surface area contributed by atoms with Crippen molar-refractivity contribution in [3.8, 4) is 5.75 Å². The molecule has 27 heavy (non-hydrogen) atoms. The molecule has 2 aromatic rings. The molecule has 0 aliphatic heterocycles. The van der Waals surface area contributed by atoms with E-state index in [1.165, 1.54) is 50.5 Å². The number of amides is 1. The van der Waals surface area contributed by atoms with E-state index in [1.54, 1.807) is 0 Å². The van der Waals surface area contributed by atoms with Crippen LogP contribution in [0.1, 0.15) is 5.56 Å². The van der Waals surface area contributed by atoms with Crippen LogP contribution < -0.4 is 10.1 Å². The first kappa shape index (κ1) is 20.7. The monoisotopic (exact) mass is 402 g/mol. The molecule has 1 amide bonds. The smallest absolute Gasteiger partial charge is 0.406 e. The Labute approximate surface area is 154 Å². The molecule has 0 fully saturated rings. The number of anilines is 1. The zero-order chi connectivity index (χ0) is 20.2. The number of nitrogens with zero attached hydrogens (tertiary/aromatic N) is 1. The van der Waals surface area contributed by atoms with Gasteiger partial charge in [0.25, 0.3) is 0 Å². The molecule has 2 rings (SSSR count). The summed E-state index contributed by atoms with van der Waals surface area (Å²) >= 11 is 0. The predicted molar refractivity (Wildman–Crippen MR) is 92.8 cm³/mol. The van der Waals surface area contributed by atoms with Crippen molar-refractivity contribution >= 4 is 21.6 Å². The third-order valence-electron chi connectivity index (χ3n) is 3.44. The summed E-state index contributed by atoms with van der Waals surface area (Å²) in [6, 6.07) is 10.6. The Balaban J connectivity index is 1.98. The summed E-state index contributed by atoms with van der Waals surface area (Å²) in [6.07, 6.45) is -4.84. The summed E-state index contributed by atoms with van der Waals surface area (Å²) in [6.45, 7) is 0. The number of rotatable bonds is 6. The fraction of sp³-hybridized carbons (Fsp3) is 0.235. The van der Waals surface area contributed by atoms with E-state index in [2.05, 4.69) is 10.1 Å². The molecule has 0 atom stereocenters. The number of benzene rings is 2. The van der Waals surface area contributed by atoms with Crippen LogP contribution in [0.3, 0.4) is 0 Å². The van der Waals surface area contributed by atoms with Crippen LogP contribution in [0.15, 0.2) is 53.4 Å². The molecular weight excluding hydrogens is 385 g/mol. The van der Waals surface area contributed by atoms with Crippen LogP contribution in [0.4, 0.5) is 18.9 Å². The van der Waals surface area contributed by atoms with Gasteiger partial charge in [-0.2, -0.15) is 0 Å². The Hall–Kier alpha value is -2.59. The molecule has 0 aromatic heterocycles. The van der Waals surface area contributed by atoms with Gasteiger partial charge in [0.2, 0.25) is 15.9 Å².